The topological polar surface area (TPSA) is 29.1 Å². The molecular weight excluding hydrogens is 114 g/mol. The molecule has 2 nitrogen and oxygen atoms in total. The molecule has 0 atom stereocenters. The third-order valence-corrected chi connectivity index (χ3v) is 1.11. The monoisotopic (exact) mass is 122 g/mol. The Kier molecular flexibility index (Phi) is 2.07. The summed E-state index contributed by atoms with van der Waals surface area (Å²) in [6.45, 7) is 0. The Labute approximate surface area is 54.3 Å². The first-order valence-corrected chi connectivity index (χ1v) is 2.83. The van der Waals surface area contributed by atoms with Crippen molar-refractivity contribution in [3.63, 3.8) is 0 Å². The molecule has 0 unspecified atom stereocenters. The van der Waals surface area contributed by atoms with Gasteiger partial charge in [-0.2, -0.15) is 0 Å². The van der Waals surface area contributed by atoms with E-state index < -0.39 is 0 Å². The lowest BCUT2D eigenvalue weighted by atomic mass is 10.1. The first-order chi connectivity index (χ1) is 4.43. The summed E-state index contributed by atoms with van der Waals surface area (Å²) in [4.78, 5) is 9.88. The van der Waals surface area contributed by atoms with Crippen LogP contribution in [0.15, 0.2) is 23.9 Å². The fourth-order valence-electron chi connectivity index (χ4n) is 0.688. The minimum absolute atomic E-state index is 0.682. The molecule has 0 aliphatic heterocycles. The molecule has 1 amide bonds. The van der Waals surface area contributed by atoms with Gasteiger partial charge in [-0.05, 0) is 12.5 Å². The van der Waals surface area contributed by atoms with Gasteiger partial charge in [-0.3, -0.25) is 4.79 Å². The van der Waals surface area contributed by atoms with Crippen LogP contribution in [0.2, 0.25) is 0 Å². The highest BCUT2D eigenvalue weighted by molar-refractivity contribution is 5.52. The average Bonchev–Trinajstić information content (AvgIpc) is 1.91. The van der Waals surface area contributed by atoms with E-state index in [1.165, 1.54) is 0 Å². The zero-order valence-electron chi connectivity index (χ0n) is 5.00. The van der Waals surface area contributed by atoms with Gasteiger partial charge in [0, 0.05) is 12.1 Å². The Morgan fingerprint density at radius 1 is 1.67 bits per heavy atom. The Hall–Kier alpha value is -1.05. The van der Waals surface area contributed by atoms with Crippen LogP contribution in [-0.2, 0) is 4.79 Å². The van der Waals surface area contributed by atoms with E-state index in [1.807, 2.05) is 24.6 Å². The van der Waals surface area contributed by atoms with Crippen LogP contribution in [0.3, 0.4) is 0 Å². The van der Waals surface area contributed by atoms with Crippen molar-refractivity contribution in [1.29, 1.82) is 0 Å². The summed E-state index contributed by atoms with van der Waals surface area (Å²) in [5.41, 5.74) is 0.882. The summed E-state index contributed by atoms with van der Waals surface area (Å²) in [6, 6.07) is 0. The van der Waals surface area contributed by atoms with E-state index in [9.17, 15) is 4.79 Å². The highest BCUT2D eigenvalue weighted by Crippen LogP contribution is 2.05. The third kappa shape index (κ3) is 1.72. The van der Waals surface area contributed by atoms with Gasteiger partial charge in [-0.25, -0.2) is 0 Å². The van der Waals surface area contributed by atoms with Gasteiger partial charge in [0.1, 0.15) is 0 Å². The maximum Gasteiger partial charge on any atom is 0.211 e. The van der Waals surface area contributed by atoms with Gasteiger partial charge in [0.05, 0.1) is 0 Å². The van der Waals surface area contributed by atoms with Crippen molar-refractivity contribution in [1.82, 2.24) is 5.32 Å². The maximum atomic E-state index is 9.88. The number of allylic oxidation sites excluding steroid dienone is 4. The van der Waals surface area contributed by atoms with E-state index in [0.717, 1.165) is 12.1 Å². The molecule has 0 aromatic rings. The summed E-state index contributed by atoms with van der Waals surface area (Å²) >= 11 is 0. The van der Waals surface area contributed by atoms with Crippen molar-refractivity contribution in [2.75, 3.05) is 0 Å². The second kappa shape index (κ2) is 3.07. The van der Waals surface area contributed by atoms with Gasteiger partial charge >= 0.3 is 0 Å². The predicted molar refractivity (Wildman–Crippen MR) is 35.3 cm³/mol. The molecule has 0 heterocycles. The molecule has 1 N–H and O–H groups in total. The Balaban J connectivity index is 2.47. The minimum atomic E-state index is 0.682. The van der Waals surface area contributed by atoms with Gasteiger partial charge in [-0.1, -0.05) is 12.2 Å². The van der Waals surface area contributed by atoms with Crippen LogP contribution >= 0.6 is 0 Å². The van der Waals surface area contributed by atoms with Crippen molar-refractivity contribution in [3.05, 3.63) is 30.3 Å². The number of rotatable bonds is 2. The number of carbonyl (C=O) groups excluding carboxylic acids is 1. The normalized spacial score (nSPS) is 16.7. The molecule has 0 saturated heterocycles. The molecule has 0 bridgehead atoms. The van der Waals surface area contributed by atoms with Crippen LogP contribution in [0.4, 0.5) is 0 Å². The largest absolute Gasteiger partial charge is 0.332 e. The highest BCUT2D eigenvalue weighted by Gasteiger charge is 1.95. The van der Waals surface area contributed by atoms with Crippen molar-refractivity contribution < 1.29 is 4.79 Å². The zero-order chi connectivity index (χ0) is 6.53. The van der Waals surface area contributed by atoms with E-state index in [0.29, 0.717) is 6.41 Å². The minimum Gasteiger partial charge on any atom is -0.332 e. The van der Waals surface area contributed by atoms with E-state index in [4.69, 9.17) is 0 Å². The lowest BCUT2D eigenvalue weighted by molar-refractivity contribution is -0.108. The lowest BCUT2D eigenvalue weighted by Crippen LogP contribution is -2.11. The van der Waals surface area contributed by atoms with Crippen molar-refractivity contribution in [3.8, 4) is 0 Å². The fraction of sp³-hybridized carbons (Fsp3) is 0.143. The predicted octanol–water partition coefficient (Wildman–Crippen LogP) is 0.780. The van der Waals surface area contributed by atoms with Gasteiger partial charge in [0.2, 0.25) is 6.41 Å². The SMILES string of the molecule is O=CNC1=CC=CC[CH]1. The van der Waals surface area contributed by atoms with Gasteiger partial charge in [-0.15, -0.1) is 0 Å². The zero-order valence-corrected chi connectivity index (χ0v) is 5.00. The number of amides is 1. The van der Waals surface area contributed by atoms with Crippen LogP contribution in [-0.4, -0.2) is 6.41 Å². The van der Waals surface area contributed by atoms with Crippen molar-refractivity contribution in [2.24, 2.45) is 0 Å². The number of hydrogen-bond donors (Lipinski definition) is 1. The average molecular weight is 122 g/mol. The molecule has 0 saturated carbocycles. The second-order valence-corrected chi connectivity index (χ2v) is 1.75. The Morgan fingerprint density at radius 2 is 2.56 bits per heavy atom. The van der Waals surface area contributed by atoms with E-state index >= 15 is 0 Å². The second-order valence-electron chi connectivity index (χ2n) is 1.75. The number of hydrogen-bond acceptors (Lipinski definition) is 1. The smallest absolute Gasteiger partial charge is 0.211 e. The molecule has 1 rings (SSSR count). The fourth-order valence-corrected chi connectivity index (χ4v) is 0.688. The molecule has 0 fully saturated rings. The molecule has 0 aromatic heterocycles. The number of nitrogens with one attached hydrogen (secondary N) is 1. The summed E-state index contributed by atoms with van der Waals surface area (Å²) in [6.07, 6.45) is 9.35. The first-order valence-electron chi connectivity index (χ1n) is 2.83. The Bertz CT molecular complexity index is 158. The lowest BCUT2D eigenvalue weighted by Gasteiger charge is -2.04. The van der Waals surface area contributed by atoms with Crippen LogP contribution < -0.4 is 5.32 Å². The summed E-state index contributed by atoms with van der Waals surface area (Å²) in [5, 5.41) is 2.56. The van der Waals surface area contributed by atoms with E-state index in [2.05, 4.69) is 5.32 Å². The first kappa shape index (κ1) is 6.08. The molecule has 2 heteroatoms. The van der Waals surface area contributed by atoms with Crippen molar-refractivity contribution in [2.45, 2.75) is 6.42 Å². The molecule has 47 valence electrons. The van der Waals surface area contributed by atoms with Crippen LogP contribution in [0.5, 0.6) is 0 Å². The Morgan fingerprint density at radius 3 is 3.11 bits per heavy atom. The third-order valence-electron chi connectivity index (χ3n) is 1.11. The van der Waals surface area contributed by atoms with Gasteiger partial charge in [0.25, 0.3) is 0 Å². The van der Waals surface area contributed by atoms with Gasteiger partial charge < -0.3 is 5.32 Å². The quantitative estimate of drug-likeness (QED) is 0.539. The molecule has 1 radical (unpaired) electrons. The molecule has 9 heavy (non-hydrogen) atoms. The summed E-state index contributed by atoms with van der Waals surface area (Å²) < 4.78 is 0. The standard InChI is InChI=1S/C7H8NO/c9-6-8-7-4-2-1-3-5-7/h1-2,4-6H,3H2,(H,8,9). The molecular formula is C7H8NO. The highest BCUT2D eigenvalue weighted by atomic mass is 16.1. The number of carbonyl (C=O) groups is 1. The molecule has 0 aromatic carbocycles. The van der Waals surface area contributed by atoms with Crippen LogP contribution in [0.1, 0.15) is 6.42 Å². The molecule has 1 aliphatic rings. The van der Waals surface area contributed by atoms with E-state index in [-0.39, 0.29) is 0 Å². The van der Waals surface area contributed by atoms with Crippen molar-refractivity contribution >= 4 is 6.41 Å². The molecule has 0 spiro atoms. The van der Waals surface area contributed by atoms with Gasteiger partial charge in [0.15, 0.2) is 0 Å². The maximum absolute atomic E-state index is 9.88. The van der Waals surface area contributed by atoms with E-state index in [1.54, 1.807) is 0 Å². The summed E-state index contributed by atoms with van der Waals surface area (Å²) in [5.74, 6) is 0. The van der Waals surface area contributed by atoms with Crippen LogP contribution in [0, 0.1) is 6.42 Å². The summed E-state index contributed by atoms with van der Waals surface area (Å²) in [7, 11) is 0. The molecule has 1 aliphatic carbocycles. The van der Waals surface area contributed by atoms with Crippen LogP contribution in [0.25, 0.3) is 0 Å².